The van der Waals surface area contributed by atoms with Crippen molar-refractivity contribution in [3.8, 4) is 11.3 Å². The van der Waals surface area contributed by atoms with E-state index in [0.29, 0.717) is 16.7 Å². The summed E-state index contributed by atoms with van der Waals surface area (Å²) in [5.74, 6) is 0.715. The van der Waals surface area contributed by atoms with Gasteiger partial charge in [-0.15, -0.1) is 0 Å². The molecular weight excluding hydrogens is 274 g/mol. The van der Waals surface area contributed by atoms with Crippen LogP contribution in [0.15, 0.2) is 51.7 Å². The second-order valence-electron chi connectivity index (χ2n) is 5.91. The molecule has 22 heavy (non-hydrogen) atoms. The molecule has 110 valence electrons. The molecule has 0 radical (unpaired) electrons. The van der Waals surface area contributed by atoms with E-state index in [9.17, 15) is 4.79 Å². The van der Waals surface area contributed by atoms with Crippen LogP contribution in [-0.2, 0) is 12.8 Å². The SMILES string of the molecule is C[C@@H](N)c1cccc2c(=O)c3c(oc12)-c1ccccc1CC3. The Morgan fingerprint density at radius 1 is 1.09 bits per heavy atom. The molecule has 3 nitrogen and oxygen atoms in total. The first-order valence-corrected chi connectivity index (χ1v) is 7.59. The molecule has 0 aliphatic heterocycles. The van der Waals surface area contributed by atoms with Crippen molar-refractivity contribution in [1.82, 2.24) is 0 Å². The van der Waals surface area contributed by atoms with Gasteiger partial charge in [-0.25, -0.2) is 0 Å². The highest BCUT2D eigenvalue weighted by atomic mass is 16.3. The van der Waals surface area contributed by atoms with Crippen molar-refractivity contribution in [2.75, 3.05) is 0 Å². The number of aryl methyl sites for hydroxylation is 1. The normalized spacial score (nSPS) is 14.5. The van der Waals surface area contributed by atoms with Gasteiger partial charge in [-0.2, -0.15) is 0 Å². The molecular formula is C19H17NO2. The van der Waals surface area contributed by atoms with Gasteiger partial charge in [0.1, 0.15) is 11.3 Å². The second kappa shape index (κ2) is 4.82. The van der Waals surface area contributed by atoms with Crippen molar-refractivity contribution in [3.63, 3.8) is 0 Å². The summed E-state index contributed by atoms with van der Waals surface area (Å²) >= 11 is 0. The van der Waals surface area contributed by atoms with Crippen LogP contribution in [0.25, 0.3) is 22.3 Å². The quantitative estimate of drug-likeness (QED) is 0.745. The summed E-state index contributed by atoms with van der Waals surface area (Å²) in [7, 11) is 0. The van der Waals surface area contributed by atoms with Crippen LogP contribution in [0.2, 0.25) is 0 Å². The zero-order valence-electron chi connectivity index (χ0n) is 12.4. The fourth-order valence-electron chi connectivity index (χ4n) is 3.30. The second-order valence-corrected chi connectivity index (χ2v) is 5.91. The maximum Gasteiger partial charge on any atom is 0.196 e. The summed E-state index contributed by atoms with van der Waals surface area (Å²) in [4.78, 5) is 12.9. The third-order valence-electron chi connectivity index (χ3n) is 4.44. The Morgan fingerprint density at radius 2 is 1.91 bits per heavy atom. The average Bonchev–Trinajstić information content (AvgIpc) is 2.54. The highest BCUT2D eigenvalue weighted by molar-refractivity contribution is 5.84. The summed E-state index contributed by atoms with van der Waals surface area (Å²) < 4.78 is 6.20. The maximum absolute atomic E-state index is 12.9. The molecule has 1 aromatic heterocycles. The molecule has 0 spiro atoms. The Labute approximate surface area is 128 Å². The summed E-state index contributed by atoms with van der Waals surface area (Å²) in [6.07, 6.45) is 1.61. The molecule has 0 fully saturated rings. The van der Waals surface area contributed by atoms with Crippen molar-refractivity contribution in [2.45, 2.75) is 25.8 Å². The van der Waals surface area contributed by atoms with Gasteiger partial charge in [-0.1, -0.05) is 36.4 Å². The zero-order chi connectivity index (χ0) is 15.3. The van der Waals surface area contributed by atoms with Gasteiger partial charge in [0.15, 0.2) is 5.43 Å². The Kier molecular flexibility index (Phi) is 2.91. The van der Waals surface area contributed by atoms with Crippen LogP contribution in [0.4, 0.5) is 0 Å². The minimum atomic E-state index is -0.177. The molecule has 0 saturated heterocycles. The Morgan fingerprint density at radius 3 is 2.73 bits per heavy atom. The van der Waals surface area contributed by atoms with Gasteiger partial charge in [0.2, 0.25) is 0 Å². The van der Waals surface area contributed by atoms with E-state index in [1.54, 1.807) is 0 Å². The minimum absolute atomic E-state index is 0.0771. The lowest BCUT2D eigenvalue weighted by atomic mass is 9.89. The number of fused-ring (bicyclic) bond motifs is 4. The van der Waals surface area contributed by atoms with Gasteiger partial charge < -0.3 is 10.2 Å². The third kappa shape index (κ3) is 1.82. The Bertz CT molecular complexity index is 938. The van der Waals surface area contributed by atoms with Gasteiger partial charge in [-0.05, 0) is 31.4 Å². The van der Waals surface area contributed by atoms with E-state index in [2.05, 4.69) is 6.07 Å². The third-order valence-corrected chi connectivity index (χ3v) is 4.44. The number of rotatable bonds is 1. The summed E-state index contributed by atoms with van der Waals surface area (Å²) in [5.41, 5.74) is 10.7. The number of hydrogen-bond acceptors (Lipinski definition) is 3. The standard InChI is InChI=1S/C19H17NO2/c1-11(20)13-7-4-8-15-17(21)16-10-9-12-5-2-3-6-14(12)19(16)22-18(13)15/h2-8,11H,9-10,20H2,1H3/t11-/m1/s1. The molecule has 3 aromatic rings. The van der Waals surface area contributed by atoms with Crippen LogP contribution in [0.1, 0.15) is 29.7 Å². The molecule has 2 N–H and O–H groups in total. The minimum Gasteiger partial charge on any atom is -0.455 e. The van der Waals surface area contributed by atoms with Crippen LogP contribution >= 0.6 is 0 Å². The lowest BCUT2D eigenvalue weighted by Gasteiger charge is -2.19. The zero-order valence-corrected chi connectivity index (χ0v) is 12.4. The Balaban J connectivity index is 2.13. The first kappa shape index (κ1) is 13.3. The van der Waals surface area contributed by atoms with Gasteiger partial charge >= 0.3 is 0 Å². The van der Waals surface area contributed by atoms with Crippen molar-refractivity contribution >= 4 is 11.0 Å². The molecule has 3 heteroatoms. The topological polar surface area (TPSA) is 56.2 Å². The monoisotopic (exact) mass is 291 g/mol. The molecule has 1 heterocycles. The van der Waals surface area contributed by atoms with Gasteiger partial charge in [-0.3, -0.25) is 4.79 Å². The molecule has 1 aliphatic carbocycles. The van der Waals surface area contributed by atoms with E-state index in [1.807, 2.05) is 43.3 Å². The molecule has 0 amide bonds. The fraction of sp³-hybridized carbons (Fsp3) is 0.211. The largest absolute Gasteiger partial charge is 0.455 e. The van der Waals surface area contributed by atoms with Crippen LogP contribution in [0.5, 0.6) is 0 Å². The molecule has 0 unspecified atom stereocenters. The highest BCUT2D eigenvalue weighted by Gasteiger charge is 2.23. The van der Waals surface area contributed by atoms with Crippen LogP contribution in [0.3, 0.4) is 0 Å². The van der Waals surface area contributed by atoms with Crippen molar-refractivity contribution in [2.24, 2.45) is 5.73 Å². The van der Waals surface area contributed by atoms with E-state index in [1.165, 1.54) is 5.56 Å². The van der Waals surface area contributed by atoms with Crippen molar-refractivity contribution in [3.05, 3.63) is 69.4 Å². The van der Waals surface area contributed by atoms with E-state index >= 15 is 0 Å². The molecule has 1 atom stereocenters. The Hall–Kier alpha value is -2.39. The summed E-state index contributed by atoms with van der Waals surface area (Å²) in [5, 5.41) is 0.632. The predicted octanol–water partition coefficient (Wildman–Crippen LogP) is 3.58. The molecule has 2 aromatic carbocycles. The summed E-state index contributed by atoms with van der Waals surface area (Å²) in [6.45, 7) is 1.90. The first-order valence-electron chi connectivity index (χ1n) is 7.59. The van der Waals surface area contributed by atoms with Gasteiger partial charge in [0, 0.05) is 22.7 Å². The molecule has 4 rings (SSSR count). The maximum atomic E-state index is 12.9. The average molecular weight is 291 g/mol. The van der Waals surface area contributed by atoms with Crippen molar-refractivity contribution in [1.29, 1.82) is 0 Å². The number of benzene rings is 2. The van der Waals surface area contributed by atoms with E-state index in [0.717, 1.165) is 29.5 Å². The van der Waals surface area contributed by atoms with Gasteiger partial charge in [0.25, 0.3) is 0 Å². The van der Waals surface area contributed by atoms with E-state index in [4.69, 9.17) is 10.2 Å². The first-order chi connectivity index (χ1) is 10.7. The number of para-hydroxylation sites is 1. The van der Waals surface area contributed by atoms with Crippen molar-refractivity contribution < 1.29 is 4.42 Å². The fourth-order valence-corrected chi connectivity index (χ4v) is 3.30. The molecule has 1 aliphatic rings. The number of hydrogen-bond donors (Lipinski definition) is 1. The smallest absolute Gasteiger partial charge is 0.196 e. The van der Waals surface area contributed by atoms with E-state index in [-0.39, 0.29) is 11.5 Å². The predicted molar refractivity (Wildman–Crippen MR) is 87.9 cm³/mol. The lowest BCUT2D eigenvalue weighted by molar-refractivity contribution is 0.593. The molecule has 0 saturated carbocycles. The highest BCUT2D eigenvalue weighted by Crippen LogP contribution is 2.35. The summed E-state index contributed by atoms with van der Waals surface area (Å²) in [6, 6.07) is 13.6. The lowest BCUT2D eigenvalue weighted by Crippen LogP contribution is -2.17. The number of nitrogens with two attached hydrogens (primary N) is 1. The molecule has 0 bridgehead atoms. The van der Waals surface area contributed by atoms with E-state index < -0.39 is 0 Å². The van der Waals surface area contributed by atoms with Crippen LogP contribution in [-0.4, -0.2) is 0 Å². The van der Waals surface area contributed by atoms with Crippen LogP contribution in [0, 0.1) is 0 Å². The van der Waals surface area contributed by atoms with Crippen LogP contribution < -0.4 is 11.2 Å². The van der Waals surface area contributed by atoms with Gasteiger partial charge in [0.05, 0.1) is 5.39 Å².